The van der Waals surface area contributed by atoms with E-state index in [2.05, 4.69) is 20.1 Å². The maximum atomic E-state index is 11.2. The molecule has 0 aliphatic heterocycles. The molecule has 0 bridgehead atoms. The number of H-pyrrole nitrogens is 1. The van der Waals surface area contributed by atoms with Crippen LogP contribution in [0.3, 0.4) is 0 Å². The molecule has 1 atom stereocenters. The third-order valence-electron chi connectivity index (χ3n) is 2.63. The Kier molecular flexibility index (Phi) is 3.06. The number of aromatic nitrogens is 3. The number of nitrogens with two attached hydrogens (primary N) is 1. The van der Waals surface area contributed by atoms with Gasteiger partial charge in [-0.3, -0.25) is 4.79 Å². The number of carbonyl (C=O) groups is 1. The van der Waals surface area contributed by atoms with Gasteiger partial charge in [-0.2, -0.15) is 15.4 Å². The number of ether oxygens (including phenoxy) is 1. The second-order valence-corrected chi connectivity index (χ2v) is 3.94. The monoisotopic (exact) mass is 234 g/mol. The van der Waals surface area contributed by atoms with Crippen LogP contribution in [0.4, 0.5) is 0 Å². The first-order valence-electron chi connectivity index (χ1n) is 5.25. The number of nitrogens with one attached hydrogen (secondary N) is 1. The summed E-state index contributed by atoms with van der Waals surface area (Å²) in [6.45, 7) is 1.94. The van der Waals surface area contributed by atoms with E-state index in [1.807, 2.05) is 19.1 Å². The van der Waals surface area contributed by atoms with Crippen LogP contribution in [0, 0.1) is 6.92 Å². The summed E-state index contributed by atoms with van der Waals surface area (Å²) in [6.07, 6.45) is 0.427. The molecule has 90 valence electrons. The van der Waals surface area contributed by atoms with Crippen molar-refractivity contribution in [2.75, 3.05) is 7.11 Å². The normalized spacial score (nSPS) is 12.6. The predicted octanol–water partition coefficient (Wildman–Crippen LogP) is 0.309. The predicted molar refractivity (Wildman–Crippen MR) is 62.3 cm³/mol. The molecule has 0 saturated carbocycles. The lowest BCUT2D eigenvalue weighted by Gasteiger charge is -2.09. The fourth-order valence-corrected chi connectivity index (χ4v) is 1.80. The maximum absolute atomic E-state index is 11.2. The van der Waals surface area contributed by atoms with Crippen LogP contribution in [0.2, 0.25) is 0 Å². The number of hydrogen-bond acceptors (Lipinski definition) is 5. The van der Waals surface area contributed by atoms with Gasteiger partial charge in [-0.25, -0.2) is 0 Å². The summed E-state index contributed by atoms with van der Waals surface area (Å²) in [6, 6.07) is 3.17. The summed E-state index contributed by atoms with van der Waals surface area (Å²) in [5.74, 6) is -0.414. The van der Waals surface area contributed by atoms with Crippen molar-refractivity contribution >= 4 is 17.0 Å². The highest BCUT2D eigenvalue weighted by atomic mass is 16.5. The third-order valence-corrected chi connectivity index (χ3v) is 2.63. The number of aryl methyl sites for hydroxylation is 1. The molecule has 1 aromatic heterocycles. The van der Waals surface area contributed by atoms with Gasteiger partial charge in [0.1, 0.15) is 17.1 Å². The second kappa shape index (κ2) is 4.50. The van der Waals surface area contributed by atoms with Crippen LogP contribution in [0.15, 0.2) is 12.1 Å². The number of esters is 1. The SMILES string of the molecule is COC(=O)C(N)Cc1cc(C)c2n[nH]nc2c1. The van der Waals surface area contributed by atoms with Crippen molar-refractivity contribution in [2.45, 2.75) is 19.4 Å². The number of fused-ring (bicyclic) bond motifs is 1. The molecule has 0 aliphatic carbocycles. The molecule has 3 N–H and O–H groups in total. The van der Waals surface area contributed by atoms with Gasteiger partial charge >= 0.3 is 5.97 Å². The van der Waals surface area contributed by atoms with Gasteiger partial charge in [0, 0.05) is 0 Å². The zero-order chi connectivity index (χ0) is 12.4. The molecule has 1 unspecified atom stereocenters. The molecule has 0 amide bonds. The second-order valence-electron chi connectivity index (χ2n) is 3.94. The van der Waals surface area contributed by atoms with Crippen molar-refractivity contribution in [3.05, 3.63) is 23.3 Å². The molecular formula is C11H14N4O2. The average molecular weight is 234 g/mol. The molecule has 6 nitrogen and oxygen atoms in total. The van der Waals surface area contributed by atoms with Crippen molar-refractivity contribution in [1.82, 2.24) is 15.4 Å². The van der Waals surface area contributed by atoms with Gasteiger partial charge in [-0.15, -0.1) is 0 Å². The molecule has 17 heavy (non-hydrogen) atoms. The van der Waals surface area contributed by atoms with Crippen LogP contribution in [0.25, 0.3) is 11.0 Å². The number of hydrogen-bond donors (Lipinski definition) is 2. The van der Waals surface area contributed by atoms with Crippen molar-refractivity contribution in [1.29, 1.82) is 0 Å². The molecular weight excluding hydrogens is 220 g/mol. The lowest BCUT2D eigenvalue weighted by molar-refractivity contribution is -0.142. The van der Waals surface area contributed by atoms with E-state index in [4.69, 9.17) is 5.73 Å². The van der Waals surface area contributed by atoms with Gasteiger partial charge in [0.15, 0.2) is 0 Å². The minimum atomic E-state index is -0.649. The Morgan fingerprint density at radius 1 is 1.53 bits per heavy atom. The summed E-state index contributed by atoms with van der Waals surface area (Å²) in [7, 11) is 1.33. The van der Waals surface area contributed by atoms with Gasteiger partial charge in [-0.05, 0) is 30.5 Å². The highest BCUT2D eigenvalue weighted by Gasteiger charge is 2.15. The van der Waals surface area contributed by atoms with Crippen LogP contribution in [-0.2, 0) is 16.0 Å². The van der Waals surface area contributed by atoms with Crippen LogP contribution in [0.1, 0.15) is 11.1 Å². The van der Waals surface area contributed by atoms with E-state index in [1.54, 1.807) is 0 Å². The van der Waals surface area contributed by atoms with Crippen LogP contribution >= 0.6 is 0 Å². The molecule has 0 fully saturated rings. The fourth-order valence-electron chi connectivity index (χ4n) is 1.80. The summed E-state index contributed by atoms with van der Waals surface area (Å²) in [4.78, 5) is 11.2. The van der Waals surface area contributed by atoms with E-state index in [9.17, 15) is 4.79 Å². The first-order valence-corrected chi connectivity index (χ1v) is 5.25. The van der Waals surface area contributed by atoms with Crippen molar-refractivity contribution in [3.63, 3.8) is 0 Å². The van der Waals surface area contributed by atoms with E-state index in [0.29, 0.717) is 6.42 Å². The van der Waals surface area contributed by atoms with E-state index in [1.165, 1.54) is 7.11 Å². The quantitative estimate of drug-likeness (QED) is 0.745. The van der Waals surface area contributed by atoms with Crippen LogP contribution in [-0.4, -0.2) is 34.5 Å². The van der Waals surface area contributed by atoms with Crippen molar-refractivity contribution in [3.8, 4) is 0 Å². The zero-order valence-electron chi connectivity index (χ0n) is 9.73. The molecule has 2 rings (SSSR count). The molecule has 1 aromatic carbocycles. The summed E-state index contributed by atoms with van der Waals surface area (Å²) in [5.41, 5.74) is 9.27. The van der Waals surface area contributed by atoms with Crippen molar-refractivity contribution in [2.24, 2.45) is 5.73 Å². The summed E-state index contributed by atoms with van der Waals surface area (Å²) < 4.78 is 4.59. The molecule has 2 aromatic rings. The smallest absolute Gasteiger partial charge is 0.322 e. The first kappa shape index (κ1) is 11.5. The number of carbonyl (C=O) groups excluding carboxylic acids is 1. The van der Waals surface area contributed by atoms with Gasteiger partial charge in [0.25, 0.3) is 0 Å². The van der Waals surface area contributed by atoms with E-state index < -0.39 is 12.0 Å². The van der Waals surface area contributed by atoms with E-state index in [0.717, 1.165) is 22.2 Å². The average Bonchev–Trinajstić information content (AvgIpc) is 2.76. The van der Waals surface area contributed by atoms with E-state index in [-0.39, 0.29) is 0 Å². The molecule has 0 saturated heterocycles. The van der Waals surface area contributed by atoms with Gasteiger partial charge < -0.3 is 10.5 Å². The largest absolute Gasteiger partial charge is 0.468 e. The van der Waals surface area contributed by atoms with Gasteiger partial charge in [0.2, 0.25) is 0 Å². The number of methoxy groups -OCH3 is 1. The first-order chi connectivity index (χ1) is 8.11. The molecule has 0 aliphatic rings. The topological polar surface area (TPSA) is 93.9 Å². The van der Waals surface area contributed by atoms with Gasteiger partial charge in [0.05, 0.1) is 7.11 Å². The minimum Gasteiger partial charge on any atom is -0.468 e. The lowest BCUT2D eigenvalue weighted by Crippen LogP contribution is -2.33. The Morgan fingerprint density at radius 2 is 2.29 bits per heavy atom. The Morgan fingerprint density at radius 3 is 3.00 bits per heavy atom. The van der Waals surface area contributed by atoms with Crippen LogP contribution < -0.4 is 5.73 Å². The number of benzene rings is 1. The third kappa shape index (κ3) is 2.26. The minimum absolute atomic E-state index is 0.414. The number of rotatable bonds is 3. The Hall–Kier alpha value is -1.95. The number of nitrogens with zero attached hydrogens (tertiary/aromatic N) is 2. The lowest BCUT2D eigenvalue weighted by atomic mass is 10.0. The van der Waals surface area contributed by atoms with E-state index >= 15 is 0 Å². The molecule has 6 heteroatoms. The highest BCUT2D eigenvalue weighted by Crippen LogP contribution is 2.17. The zero-order valence-corrected chi connectivity index (χ0v) is 9.73. The highest BCUT2D eigenvalue weighted by molar-refractivity contribution is 5.79. The Bertz CT molecular complexity index is 549. The fraction of sp³-hybridized carbons (Fsp3) is 0.364. The van der Waals surface area contributed by atoms with Crippen LogP contribution in [0.5, 0.6) is 0 Å². The standard InChI is InChI=1S/C11H14N4O2/c1-6-3-7(4-8(12)11(16)17-2)5-9-10(6)14-15-13-9/h3,5,8H,4,12H2,1-2H3,(H,13,14,15). The molecule has 1 heterocycles. The van der Waals surface area contributed by atoms with Gasteiger partial charge in [-0.1, -0.05) is 6.07 Å². The Labute approximate surface area is 98.1 Å². The Balaban J connectivity index is 2.27. The molecule has 0 spiro atoms. The maximum Gasteiger partial charge on any atom is 0.322 e. The summed E-state index contributed by atoms with van der Waals surface area (Å²) >= 11 is 0. The molecule has 0 radical (unpaired) electrons. The summed E-state index contributed by atoms with van der Waals surface area (Å²) in [5, 5.41) is 10.6. The van der Waals surface area contributed by atoms with Crippen molar-refractivity contribution < 1.29 is 9.53 Å². The number of aromatic amines is 1.